The number of nitrogens with two attached hydrogens (primary N) is 2. The van der Waals surface area contributed by atoms with Crippen LogP contribution in [0.15, 0.2) is 89.0 Å². The minimum atomic E-state index is -1.81. The Bertz CT molecular complexity index is 5080. The number of rotatable bonds is 53. The zero-order valence-electron chi connectivity index (χ0n) is 88.3. The first kappa shape index (κ1) is 126. The zero-order valence-corrected chi connectivity index (χ0v) is 89.1. The Hall–Kier alpha value is -14.0. The monoisotopic (exact) mass is 2100 g/mol. The number of allylic oxidation sites excluding steroid dienone is 4. The molecule has 18 atom stereocenters. The number of nitrogens with zero attached hydrogens (tertiary/aromatic N) is 3. The lowest BCUT2D eigenvalue weighted by Gasteiger charge is -2.30. The number of benzene rings is 1. The molecule has 1 aromatic rings. The maximum atomic E-state index is 14.8. The van der Waals surface area contributed by atoms with Gasteiger partial charge in [0.25, 0.3) is 23.6 Å². The van der Waals surface area contributed by atoms with E-state index in [9.17, 15) is 115 Å². The molecule has 0 unspecified atom stereocenters. The third-order valence-electron chi connectivity index (χ3n) is 25.2. The normalized spacial score (nSPS) is 19.3. The molecule has 3 aliphatic rings. The molecule has 48 nitrogen and oxygen atoms in total. The second-order valence-corrected chi connectivity index (χ2v) is 39.3. The third kappa shape index (κ3) is 39.7. The lowest BCUT2D eigenvalue weighted by atomic mass is 9.95. The van der Waals surface area contributed by atoms with E-state index >= 15 is 0 Å². The quantitative estimate of drug-likeness (QED) is 0.0284. The van der Waals surface area contributed by atoms with E-state index in [1.165, 1.54) is 74.3 Å². The van der Waals surface area contributed by atoms with Gasteiger partial charge >= 0.3 is 0 Å². The second kappa shape index (κ2) is 62.2. The van der Waals surface area contributed by atoms with Crippen molar-refractivity contribution < 1.29 is 115 Å². The number of likely N-dealkylation sites (N-methyl/N-ethyl adjacent to an activating group) is 1. The molecular weight excluding hydrogens is 1940 g/mol. The van der Waals surface area contributed by atoms with Crippen LogP contribution in [0, 0.1) is 35.5 Å². The molecule has 820 valence electrons. The minimum absolute atomic E-state index is 0.0255. The fourth-order valence-electron chi connectivity index (χ4n) is 15.5. The Labute approximate surface area is 867 Å². The molecule has 3 aliphatic heterocycles. The van der Waals surface area contributed by atoms with Crippen molar-refractivity contribution >= 4 is 148 Å². The molecule has 4 rings (SSSR count). The van der Waals surface area contributed by atoms with Crippen molar-refractivity contribution in [1.29, 1.82) is 0 Å². The number of thioether (sulfide) groups is 1. The van der Waals surface area contributed by atoms with E-state index < -0.39 is 301 Å². The van der Waals surface area contributed by atoms with Crippen LogP contribution in [0.4, 0.5) is 0 Å². The summed E-state index contributed by atoms with van der Waals surface area (Å²) in [4.78, 5) is 323. The highest BCUT2D eigenvalue weighted by Gasteiger charge is 2.44. The summed E-state index contributed by atoms with van der Waals surface area (Å²) in [6, 6.07) is -13.2. The Balaban J connectivity index is 1.45. The van der Waals surface area contributed by atoms with Crippen LogP contribution < -0.4 is 112 Å². The fourth-order valence-corrected chi connectivity index (χ4v) is 16.2. The number of likely N-dealkylation sites (tertiary alicyclic amines) is 2. The van der Waals surface area contributed by atoms with Gasteiger partial charge in [-0.1, -0.05) is 151 Å². The number of amides is 23. The number of aliphatic hydroxyl groups is 1. The highest BCUT2D eigenvalue weighted by atomic mass is 32.2. The lowest BCUT2D eigenvalue weighted by molar-refractivity contribution is -0.138. The topological polar surface area (TPSA) is 703 Å². The number of hydrogen-bond donors (Lipinski definition) is 22. The molecule has 148 heavy (non-hydrogen) atoms. The molecule has 49 heteroatoms. The molecule has 2 saturated heterocycles. The number of hydrogen-bond acceptors (Lipinski definition) is 26. The van der Waals surface area contributed by atoms with Crippen LogP contribution in [-0.2, 0) is 117 Å². The van der Waals surface area contributed by atoms with Gasteiger partial charge < -0.3 is 127 Å². The van der Waals surface area contributed by atoms with Gasteiger partial charge in [0, 0.05) is 44.3 Å². The summed E-state index contributed by atoms with van der Waals surface area (Å²) < 4.78 is 0. The first-order valence-corrected chi connectivity index (χ1v) is 50.9. The maximum Gasteiger partial charge on any atom is 0.270 e. The molecule has 0 spiro atoms. The Morgan fingerprint density at radius 1 is 0.480 bits per heavy atom. The van der Waals surface area contributed by atoms with E-state index in [0.717, 1.165) is 17.8 Å². The van der Waals surface area contributed by atoms with Crippen LogP contribution in [0.3, 0.4) is 0 Å². The third-order valence-corrected chi connectivity index (χ3v) is 26.0. The van der Waals surface area contributed by atoms with Gasteiger partial charge in [0.15, 0.2) is 0 Å². The Morgan fingerprint density at radius 2 is 0.939 bits per heavy atom. The van der Waals surface area contributed by atoms with Gasteiger partial charge in [-0.05, 0) is 154 Å². The van der Waals surface area contributed by atoms with Crippen LogP contribution >= 0.6 is 11.8 Å². The molecule has 3 heterocycles. The standard InChI is InChI=1S/C99H154N24O24S/c1-22-54(15)78(97(145)115-69-49-148-44-41-102-93(141)75(51(9)10)116-87(135)66(45-50(7)8)113-90(69)138)119-85(133)60(24-3)107-89(137)68(48-124)106-74(127)47-103-83(131)64(37-39-72(100)125)112-96(144)79(55(16)23-2)120-95(143)77(53(13)14)118-88(136)67(46-59-33-29-28-30-34-59)114-86(134)65(38-40-73(101)126)111-81(129)57(18)105-94(142)76(52(11)12)117-84(132)61(25-4)108-92(140)71-36-32-43-123(71)98(146)62(26-5)109-80(128)56(17)104-91(139)70-35-31-42-122(70)99(147)63(27-6)110-82(130)58(19)121(20)21/h24-30,33-34,41,44,50-58,64-71,75-79,124H,22-23,31-32,35-40,42-43,45-49H2,1-21H3,(H2,100,125)(H2,101,126)(H,102,141)(H,103,131)(H,104,139)(H,105,142)(H,106,127)(H,107,137)(H,108,140)(H,109,128)(H,110,130)(H,111,129)(H,112,144)(H,113,138)(H,114,134)(H,115,145)(H,116,135)(H,117,132)(H,118,136)(H,119,133)(H,120,143)/b44-41-,60-24-,61-25-,62-26+,63-27+/t54-,55-,56-,57+,58-,64-,65-,66+,67+,68-,69+,70-,71-,75+,76+,77-,78-,79-/m0/s1. The highest BCUT2D eigenvalue weighted by molar-refractivity contribution is 8.02. The molecule has 0 aromatic heterocycles. The maximum absolute atomic E-state index is 14.8. The predicted octanol–water partition coefficient (Wildman–Crippen LogP) is -3.34. The second-order valence-electron chi connectivity index (χ2n) is 38.3. The number of carbonyl (C=O) groups excluding carboxylic acids is 23. The van der Waals surface area contributed by atoms with E-state index in [1.807, 2.05) is 13.8 Å². The van der Waals surface area contributed by atoms with Crippen molar-refractivity contribution in [1.82, 2.24) is 116 Å². The van der Waals surface area contributed by atoms with Gasteiger partial charge in [-0.15, -0.1) is 11.8 Å². The largest absolute Gasteiger partial charge is 0.394 e. The summed E-state index contributed by atoms with van der Waals surface area (Å²) in [6.07, 6.45) is 6.05. The summed E-state index contributed by atoms with van der Waals surface area (Å²) in [5.41, 5.74) is 10.4. The van der Waals surface area contributed by atoms with E-state index in [0.29, 0.717) is 24.8 Å². The summed E-state index contributed by atoms with van der Waals surface area (Å²) in [5, 5.41) is 60.4. The Morgan fingerprint density at radius 3 is 1.45 bits per heavy atom. The number of nitrogens with one attached hydrogen (secondary N) is 19. The van der Waals surface area contributed by atoms with E-state index in [2.05, 4.69) is 101 Å². The van der Waals surface area contributed by atoms with E-state index in [4.69, 9.17) is 11.5 Å². The summed E-state index contributed by atoms with van der Waals surface area (Å²) >= 11 is 1.06. The fraction of sp³-hybridized carbons (Fsp3) is 0.606. The zero-order chi connectivity index (χ0) is 112. The Kier molecular flexibility index (Phi) is 53.1. The summed E-state index contributed by atoms with van der Waals surface area (Å²) in [7, 11) is 3.40. The van der Waals surface area contributed by atoms with Crippen LogP contribution in [0.25, 0.3) is 0 Å². The number of primary amides is 2. The first-order valence-electron chi connectivity index (χ1n) is 49.8. The molecule has 23 amide bonds. The van der Waals surface area contributed by atoms with Crippen molar-refractivity contribution in [3.05, 3.63) is 94.6 Å². The molecule has 2 fully saturated rings. The molecule has 1 aromatic carbocycles. The van der Waals surface area contributed by atoms with Crippen molar-refractivity contribution in [2.75, 3.05) is 46.1 Å². The van der Waals surface area contributed by atoms with Crippen molar-refractivity contribution in [3.63, 3.8) is 0 Å². The average Bonchev–Trinajstić information content (AvgIpc) is 1.66. The van der Waals surface area contributed by atoms with E-state index in [1.54, 1.807) is 132 Å². The summed E-state index contributed by atoms with van der Waals surface area (Å²) in [5.74, 6) is -23.3. The molecule has 24 N–H and O–H groups in total. The molecule has 0 aliphatic carbocycles. The SMILES string of the molecule is C/C=C(\NC(=O)[C@H](CO)NC(=O)CNC(=O)[C@H](CCC(N)=O)NC(=O)[C@@H](NC(=O)[C@@H](NC(=O)[C@@H](Cc1ccccc1)NC(=O)[C@H](CCC(N)=O)NC(=O)[C@@H](C)NC(=O)[C@H](NC(=O)/C(=C/C)NC(=O)[C@@H]1CCCN1C(=O)/C(=C\C)NC(=O)[C@H](C)NC(=O)[C@@H]1CCCN1C(=O)/C(=C\C)NC(=O)[C@H](C)N(C)C)C(C)C)C(C)C)[C@@H](C)CC)C(=O)N[C@H](C(=O)N[C@@H]1CS/C=C\NC(=O)[C@@H](C(C)C)NC(=O)[C@@H](CC(C)C)NC1=O)[C@@H](C)CC. The number of aliphatic hydroxyl groups excluding tert-OH is 1. The molecule has 0 radical (unpaired) electrons. The molecule has 0 bridgehead atoms. The van der Waals surface area contributed by atoms with Gasteiger partial charge in [0.2, 0.25) is 112 Å². The van der Waals surface area contributed by atoms with Gasteiger partial charge in [-0.2, -0.15) is 0 Å². The first-order chi connectivity index (χ1) is 69.6. The van der Waals surface area contributed by atoms with Gasteiger partial charge in [-0.25, -0.2) is 0 Å². The lowest BCUT2D eigenvalue weighted by Crippen LogP contribution is -2.62. The average molecular weight is 2100 g/mol. The number of carbonyl (C=O) groups is 23. The summed E-state index contributed by atoms with van der Waals surface area (Å²) in [6.45, 7) is 28.3. The van der Waals surface area contributed by atoms with Crippen molar-refractivity contribution in [2.24, 2.45) is 47.0 Å². The van der Waals surface area contributed by atoms with Crippen LogP contribution in [0.2, 0.25) is 0 Å². The van der Waals surface area contributed by atoms with Gasteiger partial charge in [-0.3, -0.25) is 115 Å². The van der Waals surface area contributed by atoms with Crippen molar-refractivity contribution in [3.8, 4) is 0 Å². The minimum Gasteiger partial charge on any atom is -0.394 e. The van der Waals surface area contributed by atoms with Crippen LogP contribution in [-0.4, -0.2) is 298 Å². The predicted molar refractivity (Wildman–Crippen MR) is 546 cm³/mol. The van der Waals surface area contributed by atoms with E-state index in [-0.39, 0.29) is 79.9 Å². The van der Waals surface area contributed by atoms with Crippen LogP contribution in [0.1, 0.15) is 208 Å². The molecule has 0 saturated carbocycles. The van der Waals surface area contributed by atoms with Gasteiger partial charge in [0.05, 0.1) is 19.2 Å². The smallest absolute Gasteiger partial charge is 0.270 e. The highest BCUT2D eigenvalue weighted by Crippen LogP contribution is 2.25. The van der Waals surface area contributed by atoms with Crippen molar-refractivity contribution in [2.45, 2.75) is 305 Å². The molecular formula is C99H154N24O24S. The van der Waals surface area contributed by atoms with Crippen LogP contribution in [0.5, 0.6) is 0 Å². The van der Waals surface area contributed by atoms with Gasteiger partial charge in [0.1, 0.15) is 113 Å².